The van der Waals surface area contributed by atoms with Gasteiger partial charge >= 0.3 is 0 Å². The van der Waals surface area contributed by atoms with Crippen LogP contribution in [0.15, 0.2) is 11.0 Å². The third kappa shape index (κ3) is 2.84. The van der Waals surface area contributed by atoms with E-state index in [9.17, 15) is 4.79 Å². The largest absolute Gasteiger partial charge is 0.381 e. The lowest BCUT2D eigenvalue weighted by Gasteiger charge is -2.29. The molecule has 0 bridgehead atoms. The molecule has 0 aromatic carbocycles. The van der Waals surface area contributed by atoms with E-state index >= 15 is 0 Å². The first-order valence-electron chi connectivity index (χ1n) is 6.13. The molecule has 1 N–H and O–H groups in total. The van der Waals surface area contributed by atoms with Crippen LogP contribution in [0.4, 0.5) is 5.69 Å². The van der Waals surface area contributed by atoms with Gasteiger partial charge in [0.2, 0.25) is 0 Å². The van der Waals surface area contributed by atoms with Crippen LogP contribution in [0.1, 0.15) is 25.7 Å². The molecule has 1 aliphatic carbocycles. The van der Waals surface area contributed by atoms with Gasteiger partial charge in [-0.1, -0.05) is 11.6 Å². The predicted molar refractivity (Wildman–Crippen MR) is 71.2 cm³/mol. The van der Waals surface area contributed by atoms with E-state index in [1.807, 2.05) is 0 Å². The van der Waals surface area contributed by atoms with Gasteiger partial charge in [0.05, 0.1) is 18.0 Å². The number of nitrogens with one attached hydrogen (secondary N) is 1. The van der Waals surface area contributed by atoms with E-state index in [2.05, 4.69) is 10.4 Å². The molecule has 0 radical (unpaired) electrons. The topological polar surface area (TPSA) is 56.1 Å². The molecule has 0 amide bonds. The van der Waals surface area contributed by atoms with Crippen molar-refractivity contribution in [1.29, 1.82) is 0 Å². The number of rotatable bonds is 3. The molecule has 1 aliphatic rings. The lowest BCUT2D eigenvalue weighted by molar-refractivity contribution is 0.0669. The highest BCUT2D eigenvalue weighted by Gasteiger charge is 2.22. The van der Waals surface area contributed by atoms with Crippen molar-refractivity contribution >= 4 is 17.3 Å². The van der Waals surface area contributed by atoms with Gasteiger partial charge in [-0.3, -0.25) is 4.79 Å². The maximum Gasteiger partial charge on any atom is 0.287 e. The van der Waals surface area contributed by atoms with Crippen LogP contribution in [0, 0.1) is 0 Å². The van der Waals surface area contributed by atoms with Crippen LogP contribution in [0.3, 0.4) is 0 Å². The Kier molecular flexibility index (Phi) is 4.24. The van der Waals surface area contributed by atoms with E-state index in [1.165, 1.54) is 4.68 Å². The third-order valence-electron chi connectivity index (χ3n) is 3.40. The predicted octanol–water partition coefficient (Wildman–Crippen LogP) is 1.80. The standard InChI is InChI=1S/C12H18ClN3O2/c1-16-12(17)11(13)10(7-14-16)15-8-4-3-5-9(6-8)18-2/h7-9,15H,3-6H2,1-2H3. The summed E-state index contributed by atoms with van der Waals surface area (Å²) in [6, 6.07) is 0.287. The molecule has 0 spiro atoms. The summed E-state index contributed by atoms with van der Waals surface area (Å²) in [5.41, 5.74) is 0.335. The van der Waals surface area contributed by atoms with Crippen molar-refractivity contribution in [3.8, 4) is 0 Å². The fourth-order valence-corrected chi connectivity index (χ4v) is 2.55. The molecule has 1 fully saturated rings. The molecule has 1 aromatic rings. The molecule has 6 heteroatoms. The summed E-state index contributed by atoms with van der Waals surface area (Å²) in [5.74, 6) is 0. The van der Waals surface area contributed by atoms with Crippen molar-refractivity contribution in [2.45, 2.75) is 37.8 Å². The van der Waals surface area contributed by atoms with E-state index in [0.717, 1.165) is 25.7 Å². The van der Waals surface area contributed by atoms with Crippen LogP contribution in [0.2, 0.25) is 5.02 Å². The van der Waals surface area contributed by atoms with Crippen molar-refractivity contribution in [2.75, 3.05) is 12.4 Å². The Morgan fingerprint density at radius 1 is 1.56 bits per heavy atom. The minimum atomic E-state index is -0.277. The highest BCUT2D eigenvalue weighted by atomic mass is 35.5. The second-order valence-electron chi connectivity index (χ2n) is 4.67. The molecule has 18 heavy (non-hydrogen) atoms. The first-order chi connectivity index (χ1) is 8.61. The summed E-state index contributed by atoms with van der Waals surface area (Å²) in [4.78, 5) is 11.7. The van der Waals surface area contributed by atoms with Crippen LogP contribution in [-0.2, 0) is 11.8 Å². The fraction of sp³-hybridized carbons (Fsp3) is 0.667. The number of aryl methyl sites for hydroxylation is 1. The third-order valence-corrected chi connectivity index (χ3v) is 3.76. The number of hydrogen-bond donors (Lipinski definition) is 1. The Labute approximate surface area is 111 Å². The van der Waals surface area contributed by atoms with E-state index in [4.69, 9.17) is 16.3 Å². The number of nitrogens with zero attached hydrogens (tertiary/aromatic N) is 2. The molecule has 1 heterocycles. The molecule has 0 aliphatic heterocycles. The van der Waals surface area contributed by atoms with Gasteiger partial charge in [0.1, 0.15) is 5.02 Å². The van der Waals surface area contributed by atoms with Crippen molar-refractivity contribution in [3.05, 3.63) is 21.6 Å². The van der Waals surface area contributed by atoms with Gasteiger partial charge < -0.3 is 10.1 Å². The molecule has 0 saturated heterocycles. The molecular weight excluding hydrogens is 254 g/mol. The van der Waals surface area contributed by atoms with Crippen LogP contribution < -0.4 is 10.9 Å². The monoisotopic (exact) mass is 271 g/mol. The van der Waals surface area contributed by atoms with Gasteiger partial charge in [0, 0.05) is 20.2 Å². The van der Waals surface area contributed by atoms with E-state index in [0.29, 0.717) is 5.69 Å². The first-order valence-corrected chi connectivity index (χ1v) is 6.50. The van der Waals surface area contributed by atoms with Gasteiger partial charge in [0.25, 0.3) is 5.56 Å². The van der Waals surface area contributed by atoms with Crippen LogP contribution in [0.25, 0.3) is 0 Å². The lowest BCUT2D eigenvalue weighted by Crippen LogP contribution is -2.32. The SMILES string of the molecule is COC1CCCC(Nc2cnn(C)c(=O)c2Cl)C1. The van der Waals surface area contributed by atoms with Crippen molar-refractivity contribution in [2.24, 2.45) is 7.05 Å². The second-order valence-corrected chi connectivity index (χ2v) is 5.04. The summed E-state index contributed by atoms with van der Waals surface area (Å²) < 4.78 is 6.61. The van der Waals surface area contributed by atoms with Gasteiger partial charge in [-0.05, 0) is 25.7 Å². The Balaban J connectivity index is 2.10. The Bertz CT molecular complexity index is 475. The zero-order chi connectivity index (χ0) is 13.1. The fourth-order valence-electron chi connectivity index (χ4n) is 2.32. The van der Waals surface area contributed by atoms with E-state index in [1.54, 1.807) is 20.4 Å². The van der Waals surface area contributed by atoms with Crippen LogP contribution in [-0.4, -0.2) is 29.0 Å². The maximum absolute atomic E-state index is 11.7. The second kappa shape index (κ2) is 5.71. The normalized spacial score (nSPS) is 23.9. The van der Waals surface area contributed by atoms with E-state index < -0.39 is 0 Å². The minimum Gasteiger partial charge on any atom is -0.381 e. The molecule has 1 saturated carbocycles. The van der Waals surface area contributed by atoms with Crippen molar-refractivity contribution in [1.82, 2.24) is 9.78 Å². The highest BCUT2D eigenvalue weighted by molar-refractivity contribution is 6.32. The molecule has 5 nitrogen and oxygen atoms in total. The number of aromatic nitrogens is 2. The Hall–Kier alpha value is -1.07. The average molecular weight is 272 g/mol. The van der Waals surface area contributed by atoms with Crippen LogP contribution >= 0.6 is 11.6 Å². The molecule has 2 unspecified atom stereocenters. The summed E-state index contributed by atoms with van der Waals surface area (Å²) in [6.07, 6.45) is 6.09. The zero-order valence-corrected chi connectivity index (χ0v) is 11.4. The molecule has 1 aromatic heterocycles. The summed E-state index contributed by atoms with van der Waals surface area (Å²) >= 11 is 6.02. The molecule has 100 valence electrons. The Morgan fingerprint density at radius 2 is 2.33 bits per heavy atom. The lowest BCUT2D eigenvalue weighted by atomic mass is 9.93. The number of methoxy groups -OCH3 is 1. The summed E-state index contributed by atoms with van der Waals surface area (Å²) in [6.45, 7) is 0. The molecule has 2 rings (SSSR count). The van der Waals surface area contributed by atoms with Gasteiger partial charge in [-0.25, -0.2) is 4.68 Å². The number of hydrogen-bond acceptors (Lipinski definition) is 4. The average Bonchev–Trinajstić information content (AvgIpc) is 2.40. The van der Waals surface area contributed by atoms with E-state index in [-0.39, 0.29) is 22.7 Å². The van der Waals surface area contributed by atoms with Gasteiger partial charge in [0.15, 0.2) is 0 Å². The molecule has 2 atom stereocenters. The van der Waals surface area contributed by atoms with Gasteiger partial charge in [-0.2, -0.15) is 5.10 Å². The van der Waals surface area contributed by atoms with Crippen LogP contribution in [0.5, 0.6) is 0 Å². The quantitative estimate of drug-likeness (QED) is 0.911. The number of ether oxygens (including phenoxy) is 1. The smallest absolute Gasteiger partial charge is 0.287 e. The number of halogens is 1. The summed E-state index contributed by atoms with van der Waals surface area (Å²) in [7, 11) is 3.32. The minimum absolute atomic E-state index is 0.201. The maximum atomic E-state index is 11.7. The van der Waals surface area contributed by atoms with Crippen molar-refractivity contribution in [3.63, 3.8) is 0 Å². The zero-order valence-electron chi connectivity index (χ0n) is 10.6. The summed E-state index contributed by atoms with van der Waals surface area (Å²) in [5, 5.41) is 7.46. The van der Waals surface area contributed by atoms with Gasteiger partial charge in [-0.15, -0.1) is 0 Å². The van der Waals surface area contributed by atoms with Crippen molar-refractivity contribution < 1.29 is 4.74 Å². The first kappa shape index (κ1) is 13.4. The number of anilines is 1. The molecular formula is C12H18ClN3O2. The highest BCUT2D eigenvalue weighted by Crippen LogP contribution is 2.25. The Morgan fingerprint density at radius 3 is 3.06 bits per heavy atom.